The van der Waals surface area contributed by atoms with Gasteiger partial charge in [-0.15, -0.1) is 0 Å². The van der Waals surface area contributed by atoms with Crippen molar-refractivity contribution in [2.45, 2.75) is 97.5 Å². The molecule has 0 aromatic carbocycles. The number of phosphoric ester groups is 1. The number of aliphatic hydroxyl groups is 1. The summed E-state index contributed by atoms with van der Waals surface area (Å²) in [5, 5.41) is 11.0. The van der Waals surface area contributed by atoms with E-state index in [4.69, 9.17) is 9.84 Å². The molecule has 9 nitrogen and oxygen atoms in total. The van der Waals surface area contributed by atoms with Gasteiger partial charge in [-0.25, -0.2) is 0 Å². The molecule has 0 aliphatic rings. The van der Waals surface area contributed by atoms with Crippen LogP contribution in [0.25, 0.3) is 0 Å². The van der Waals surface area contributed by atoms with Crippen molar-refractivity contribution < 1.29 is 115 Å². The zero-order valence-corrected chi connectivity index (χ0v) is 32.8. The van der Waals surface area contributed by atoms with Gasteiger partial charge in [0.05, 0.1) is 21.0 Å². The molecular weight excluding hydrogens is 637 g/mol. The van der Waals surface area contributed by atoms with Crippen LogP contribution in [-0.4, -0.2) is 42.3 Å². The van der Waals surface area contributed by atoms with E-state index in [1.54, 1.807) is 6.92 Å². The third kappa shape index (κ3) is 47.4. The van der Waals surface area contributed by atoms with Gasteiger partial charge in [-0.3, -0.25) is 9.59 Å². The Morgan fingerprint density at radius 1 is 0.800 bits per heavy atom. The molecule has 0 saturated carbocycles. The van der Waals surface area contributed by atoms with E-state index < -0.39 is 33.3 Å². The van der Waals surface area contributed by atoms with E-state index >= 15 is 0 Å². The van der Waals surface area contributed by atoms with E-state index in [0.29, 0.717) is 6.42 Å². The maximum absolute atomic E-state index is 11.8. The monoisotopic (exact) mass is 694 g/mol. The van der Waals surface area contributed by atoms with Crippen LogP contribution in [0.2, 0.25) is 0 Å². The zero-order chi connectivity index (χ0) is 32.4. The van der Waals surface area contributed by atoms with Gasteiger partial charge in [-0.05, 0) is 77.8 Å². The van der Waals surface area contributed by atoms with Crippen LogP contribution in [-0.2, 0) is 28.2 Å². The van der Waals surface area contributed by atoms with E-state index in [2.05, 4.69) is 86.6 Å². The van der Waals surface area contributed by atoms with E-state index in [1.165, 1.54) is 45.4 Å². The summed E-state index contributed by atoms with van der Waals surface area (Å²) in [7, 11) is -5.15. The smallest absolute Gasteiger partial charge is 0.790 e. The molecule has 0 heterocycles. The third-order valence-electron chi connectivity index (χ3n) is 4.78. The van der Waals surface area contributed by atoms with Crippen molar-refractivity contribution in [2.24, 2.45) is 0 Å². The first-order valence-electron chi connectivity index (χ1n) is 13.8. The van der Waals surface area contributed by atoms with Crippen molar-refractivity contribution >= 4 is 30.7 Å². The Balaban J connectivity index is -0.0000000494. The number of carbonyl (C=O) groups excluding carboxylic acids is 2. The Labute approximate surface area is 331 Å². The third-order valence-corrected chi connectivity index (χ3v) is 5.74. The Kier molecular flexibility index (Phi) is 44.0. The van der Waals surface area contributed by atoms with E-state index in [0.717, 1.165) is 31.0 Å². The van der Waals surface area contributed by atoms with Crippen molar-refractivity contribution in [1.29, 1.82) is 0 Å². The Morgan fingerprint density at radius 3 is 1.71 bits per heavy atom. The first-order chi connectivity index (χ1) is 20.7. The fourth-order valence-corrected chi connectivity index (χ4v) is 3.51. The molecule has 0 spiro atoms. The summed E-state index contributed by atoms with van der Waals surface area (Å²) < 4.78 is 24.3. The van der Waals surface area contributed by atoms with Gasteiger partial charge in [0.1, 0.15) is 12.9 Å². The van der Waals surface area contributed by atoms with E-state index in [1.807, 2.05) is 0 Å². The largest absolute Gasteiger partial charge is 1.00 e. The first-order valence-corrected chi connectivity index (χ1v) is 16.1. The minimum Gasteiger partial charge on any atom is -0.790 e. The minimum absolute atomic E-state index is 0. The Bertz CT molecular complexity index is 1270. The van der Waals surface area contributed by atoms with Gasteiger partial charge < -0.3 is 33.5 Å². The molecule has 0 amide bonds. The van der Waals surface area contributed by atoms with Gasteiger partial charge in [0, 0.05) is 37.9 Å². The van der Waals surface area contributed by atoms with Gasteiger partial charge in [0.25, 0.3) is 0 Å². The molecule has 0 rings (SSSR count). The molecule has 0 radical (unpaired) electrons. The fraction of sp³-hybridized carbons (Fsp3) is 0.562. The van der Waals surface area contributed by atoms with Crippen LogP contribution in [0, 0.1) is 70.4 Å². The Hall–Kier alpha value is -1.12. The van der Waals surface area contributed by atoms with E-state index in [-0.39, 0.29) is 90.1 Å². The van der Waals surface area contributed by atoms with Crippen LogP contribution in [0.5, 0.6) is 0 Å². The van der Waals surface area contributed by atoms with Crippen molar-refractivity contribution in [3.63, 3.8) is 0 Å². The second kappa shape index (κ2) is 39.1. The van der Waals surface area contributed by atoms with Crippen LogP contribution in [0.1, 0.15) is 104 Å². The van der Waals surface area contributed by atoms with E-state index in [9.17, 15) is 23.9 Å². The van der Waals surface area contributed by atoms with Crippen molar-refractivity contribution in [3.05, 3.63) is 0 Å². The number of hydrogen-bond acceptors (Lipinski definition) is 10. The van der Waals surface area contributed by atoms with Gasteiger partial charge in [0.15, 0.2) is 5.12 Å². The molecule has 0 aromatic rings. The normalized spacial score (nSPS) is 9.38. The number of phosphoric acid groups is 1. The molecule has 13 heteroatoms. The maximum Gasteiger partial charge on any atom is 1.00 e. The van der Waals surface area contributed by atoms with Crippen LogP contribution in [0.4, 0.5) is 0 Å². The molecule has 0 unspecified atom stereocenters. The predicted molar refractivity (Wildman–Crippen MR) is 183 cm³/mol. The Morgan fingerprint density at radius 2 is 1.27 bits per heavy atom. The predicted octanol–water partition coefficient (Wildman–Crippen LogP) is -0.493. The average Bonchev–Trinajstić information content (AvgIpc) is 2.95. The topological polar surface area (TPSA) is 145 Å². The van der Waals surface area contributed by atoms with Gasteiger partial charge in [-0.2, -0.15) is 0 Å². The van der Waals surface area contributed by atoms with Crippen molar-refractivity contribution in [1.82, 2.24) is 0 Å². The summed E-state index contributed by atoms with van der Waals surface area (Å²) in [6, 6.07) is 0. The van der Waals surface area contributed by atoms with Crippen LogP contribution < -0.4 is 68.9 Å². The van der Waals surface area contributed by atoms with Crippen LogP contribution in [0.15, 0.2) is 0 Å². The summed E-state index contributed by atoms with van der Waals surface area (Å²) in [5.41, 5.74) is 0. The average molecular weight is 695 g/mol. The summed E-state index contributed by atoms with van der Waals surface area (Å²) in [4.78, 5) is 43.2. The zero-order valence-electron chi connectivity index (χ0n) is 27.0. The SMILES string of the molecule is CC#CC#CC#CC#CC#CC#CSC(C)=O.CCCCCCCCCCCCC(=O)O[C@@H](COCO)COP(=O)([O-])[O-].[HH].[HH].[HH].[HH].[HH].[HH].[HH].[HH].[HH].[Na+].[Na+]. The second-order valence-corrected chi connectivity index (χ2v) is 10.6. The number of unbranched alkanes of at least 4 members (excludes halogenated alkanes) is 9. The molecule has 0 aliphatic carbocycles. The number of rotatable bonds is 18. The maximum atomic E-state index is 11.8. The van der Waals surface area contributed by atoms with Gasteiger partial charge in [0.2, 0.25) is 0 Å². The number of esters is 1. The molecule has 1 N–H and O–H groups in total. The molecule has 1 atom stereocenters. The van der Waals surface area contributed by atoms with Crippen LogP contribution >= 0.6 is 19.6 Å². The number of ether oxygens (including phenoxy) is 2. The molecule has 0 aliphatic heterocycles. The van der Waals surface area contributed by atoms with Gasteiger partial charge in [-0.1, -0.05) is 70.6 Å². The number of thioether (sulfide) groups is 1. The molecule has 45 heavy (non-hydrogen) atoms. The molecule has 0 aromatic heterocycles. The van der Waals surface area contributed by atoms with Crippen LogP contribution in [0.3, 0.4) is 0 Å². The summed E-state index contributed by atoms with van der Waals surface area (Å²) in [6.45, 7) is 3.86. The summed E-state index contributed by atoms with van der Waals surface area (Å²) in [6.07, 6.45) is 10.6. The number of carbonyl (C=O) groups is 2. The molecule has 0 saturated heterocycles. The summed E-state index contributed by atoms with van der Waals surface area (Å²) in [5.74, 6) is 27.0. The quantitative estimate of drug-likeness (QED) is 0.0499. The number of hydrogen-bond donors (Lipinski definition) is 1. The molecule has 0 fully saturated rings. The standard InChI is InChI=1S/C17H35O8P.C15H6OS.2Na.9H2/c1-2-3-4-5-6-7-8-9-10-11-12-17(19)25-16(13-23-15-18)14-24-26(20,21)22;1-3-4-5-6-7-8-9-10-11-12-13-14-17-15(2)16;;;;;;;;;;;/h16,18H,2-15H2,1H3,(H2,20,21,22);1-2H3;;;9*1H/q;;2*+1;;;;;;;;;/p-2/t16-;;;;;;;;;;;;/m0............/s1. The molecular formula is C32H57Na2O9PS. The van der Waals surface area contributed by atoms with Crippen molar-refractivity contribution in [2.75, 3.05) is 20.0 Å². The molecule has 252 valence electrons. The van der Waals surface area contributed by atoms with Crippen molar-refractivity contribution in [3.8, 4) is 70.4 Å². The minimum atomic E-state index is -5.15. The second-order valence-electron chi connectivity index (χ2n) is 8.48. The fourth-order valence-electron chi connectivity index (χ4n) is 2.91. The first kappa shape index (κ1) is 50.7. The summed E-state index contributed by atoms with van der Waals surface area (Å²) >= 11 is 0.901. The van der Waals surface area contributed by atoms with Gasteiger partial charge >= 0.3 is 65.1 Å². The molecule has 0 bridgehead atoms. The number of aliphatic hydroxyl groups excluding tert-OH is 1.